The zero-order chi connectivity index (χ0) is 24.5. The van der Waals surface area contributed by atoms with Crippen LogP contribution in [0, 0.1) is 5.82 Å². The second-order valence-corrected chi connectivity index (χ2v) is 10.7. The standard InChI is InChI=1S/C23H24ClFN2O6S/c1-34(30,31)26-23(29)20-10-14(24)2-9-21(20)32-13-22(28)27-16-5-6-17(27)12-19(11-16)33-18-7-3-15(25)4-8-18/h2-4,7-10,16-17,19H,5-6,11-13H2,1H3,(H,26,29). The molecule has 8 nitrogen and oxygen atoms in total. The van der Waals surface area contributed by atoms with Crippen LogP contribution >= 0.6 is 11.6 Å². The fraction of sp³-hybridized carbons (Fsp3) is 0.391. The van der Waals surface area contributed by atoms with Crippen LogP contribution in [0.4, 0.5) is 4.39 Å². The van der Waals surface area contributed by atoms with Crippen molar-refractivity contribution in [2.75, 3.05) is 12.9 Å². The molecule has 2 aliphatic rings. The summed E-state index contributed by atoms with van der Waals surface area (Å²) in [6.07, 6.45) is 3.80. The minimum atomic E-state index is -3.79. The van der Waals surface area contributed by atoms with Gasteiger partial charge in [-0.3, -0.25) is 9.59 Å². The van der Waals surface area contributed by atoms with E-state index in [0.29, 0.717) is 18.6 Å². The second kappa shape index (κ2) is 9.79. The first-order valence-corrected chi connectivity index (χ1v) is 13.0. The van der Waals surface area contributed by atoms with Crippen molar-refractivity contribution in [2.24, 2.45) is 0 Å². The van der Waals surface area contributed by atoms with Crippen molar-refractivity contribution >= 4 is 33.4 Å². The van der Waals surface area contributed by atoms with Gasteiger partial charge >= 0.3 is 0 Å². The first-order chi connectivity index (χ1) is 16.1. The smallest absolute Gasteiger partial charge is 0.268 e. The predicted molar refractivity (Wildman–Crippen MR) is 123 cm³/mol. The number of piperidine rings is 1. The van der Waals surface area contributed by atoms with E-state index < -0.39 is 15.9 Å². The van der Waals surface area contributed by atoms with Gasteiger partial charge in [0.2, 0.25) is 10.0 Å². The summed E-state index contributed by atoms with van der Waals surface area (Å²) in [5, 5.41) is 0.221. The zero-order valence-electron chi connectivity index (χ0n) is 18.4. The summed E-state index contributed by atoms with van der Waals surface area (Å²) in [4.78, 5) is 27.2. The number of sulfonamides is 1. The van der Waals surface area contributed by atoms with Crippen LogP contribution in [0.15, 0.2) is 42.5 Å². The Morgan fingerprint density at radius 2 is 1.76 bits per heavy atom. The minimum absolute atomic E-state index is 0.00137. The molecule has 4 rings (SSSR count). The first kappa shape index (κ1) is 24.3. The number of carbonyl (C=O) groups excluding carboxylic acids is 2. The molecule has 0 aromatic heterocycles. The van der Waals surface area contributed by atoms with Crippen molar-refractivity contribution in [1.29, 1.82) is 0 Å². The number of ether oxygens (including phenoxy) is 2. The van der Waals surface area contributed by atoms with E-state index in [0.717, 1.165) is 19.1 Å². The molecule has 11 heteroatoms. The number of hydrogen-bond donors (Lipinski definition) is 1. The lowest BCUT2D eigenvalue weighted by atomic mass is 9.99. The molecule has 34 heavy (non-hydrogen) atoms. The molecule has 0 aliphatic carbocycles. The summed E-state index contributed by atoms with van der Waals surface area (Å²) in [5.41, 5.74) is -0.0832. The van der Waals surface area contributed by atoms with Crippen molar-refractivity contribution in [3.05, 3.63) is 58.9 Å². The summed E-state index contributed by atoms with van der Waals surface area (Å²) in [6, 6.07) is 10.1. The van der Waals surface area contributed by atoms with Crippen LogP contribution in [0.5, 0.6) is 11.5 Å². The molecular weight excluding hydrogens is 487 g/mol. The molecule has 2 unspecified atom stereocenters. The summed E-state index contributed by atoms with van der Waals surface area (Å²) in [6.45, 7) is -0.308. The molecule has 2 aromatic carbocycles. The lowest BCUT2D eigenvalue weighted by Crippen LogP contribution is -2.50. The molecule has 2 aliphatic heterocycles. The Morgan fingerprint density at radius 3 is 2.38 bits per heavy atom. The van der Waals surface area contributed by atoms with Crippen LogP contribution < -0.4 is 14.2 Å². The van der Waals surface area contributed by atoms with Crippen LogP contribution in [0.1, 0.15) is 36.0 Å². The monoisotopic (exact) mass is 510 g/mol. The fourth-order valence-electron chi connectivity index (χ4n) is 4.58. The average Bonchev–Trinajstić information content (AvgIpc) is 3.03. The van der Waals surface area contributed by atoms with Crippen molar-refractivity contribution in [3.8, 4) is 11.5 Å². The third kappa shape index (κ3) is 5.79. The number of nitrogens with zero attached hydrogens (tertiary/aromatic N) is 1. The number of amides is 2. The van der Waals surface area contributed by atoms with E-state index in [1.807, 2.05) is 9.62 Å². The highest BCUT2D eigenvalue weighted by atomic mass is 35.5. The highest BCUT2D eigenvalue weighted by Gasteiger charge is 2.44. The third-order valence-electron chi connectivity index (χ3n) is 5.91. The molecule has 2 bridgehead atoms. The van der Waals surface area contributed by atoms with E-state index in [1.54, 1.807) is 12.1 Å². The zero-order valence-corrected chi connectivity index (χ0v) is 19.9. The van der Waals surface area contributed by atoms with Gasteiger partial charge in [0, 0.05) is 29.9 Å². The van der Waals surface area contributed by atoms with Crippen LogP contribution in [0.2, 0.25) is 5.02 Å². The van der Waals surface area contributed by atoms with E-state index in [1.165, 1.54) is 30.3 Å². The van der Waals surface area contributed by atoms with Gasteiger partial charge in [0.05, 0.1) is 11.8 Å². The van der Waals surface area contributed by atoms with Crippen LogP contribution in [-0.4, -0.2) is 56.2 Å². The Morgan fingerprint density at radius 1 is 1.12 bits per heavy atom. The van der Waals surface area contributed by atoms with Gasteiger partial charge in [0.15, 0.2) is 6.61 Å². The highest BCUT2D eigenvalue weighted by molar-refractivity contribution is 7.89. The number of halogens is 2. The summed E-state index contributed by atoms with van der Waals surface area (Å²) in [7, 11) is -3.79. The molecule has 182 valence electrons. The maximum Gasteiger partial charge on any atom is 0.268 e. The van der Waals surface area contributed by atoms with Crippen LogP contribution in [0.25, 0.3) is 0 Å². The molecule has 2 aromatic rings. The van der Waals surface area contributed by atoms with E-state index in [2.05, 4.69) is 0 Å². The van der Waals surface area contributed by atoms with E-state index in [-0.39, 0.29) is 52.9 Å². The van der Waals surface area contributed by atoms with Crippen LogP contribution in [0.3, 0.4) is 0 Å². The number of hydrogen-bond acceptors (Lipinski definition) is 6. The summed E-state index contributed by atoms with van der Waals surface area (Å²) < 4.78 is 49.5. The minimum Gasteiger partial charge on any atom is -0.490 e. The van der Waals surface area contributed by atoms with Crippen molar-refractivity contribution in [1.82, 2.24) is 9.62 Å². The van der Waals surface area contributed by atoms with E-state index in [9.17, 15) is 22.4 Å². The molecule has 2 atom stereocenters. The van der Waals surface area contributed by atoms with Gasteiger partial charge in [0.1, 0.15) is 23.4 Å². The predicted octanol–water partition coefficient (Wildman–Crippen LogP) is 3.15. The van der Waals surface area contributed by atoms with Gasteiger partial charge in [0.25, 0.3) is 11.8 Å². The van der Waals surface area contributed by atoms with Gasteiger partial charge < -0.3 is 14.4 Å². The Balaban J connectivity index is 1.39. The Hall–Kier alpha value is -2.85. The van der Waals surface area contributed by atoms with E-state index >= 15 is 0 Å². The van der Waals surface area contributed by atoms with Gasteiger partial charge in [-0.2, -0.15) is 0 Å². The van der Waals surface area contributed by atoms with Gasteiger partial charge in [-0.05, 0) is 55.3 Å². The molecule has 1 N–H and O–H groups in total. The summed E-state index contributed by atoms with van der Waals surface area (Å²) in [5.74, 6) is -0.800. The number of benzene rings is 2. The lowest BCUT2D eigenvalue weighted by molar-refractivity contribution is -0.139. The molecule has 2 amide bonds. The Kier molecular flexibility index (Phi) is 6.99. The SMILES string of the molecule is CS(=O)(=O)NC(=O)c1cc(Cl)ccc1OCC(=O)N1C2CCC1CC(Oc1ccc(F)cc1)C2. The normalized spacial score (nSPS) is 21.7. The summed E-state index contributed by atoms with van der Waals surface area (Å²) >= 11 is 5.95. The molecule has 2 saturated heterocycles. The maximum atomic E-state index is 13.1. The number of nitrogens with one attached hydrogen (secondary N) is 1. The third-order valence-corrected chi connectivity index (χ3v) is 6.70. The van der Waals surface area contributed by atoms with Gasteiger partial charge in [-0.25, -0.2) is 17.5 Å². The largest absolute Gasteiger partial charge is 0.490 e. The number of carbonyl (C=O) groups is 2. The molecule has 0 saturated carbocycles. The average molecular weight is 511 g/mol. The Labute approximate surface area is 202 Å². The molecular formula is C23H24ClFN2O6S. The lowest BCUT2D eigenvalue weighted by Gasteiger charge is -2.38. The number of fused-ring (bicyclic) bond motifs is 2. The number of rotatable bonds is 7. The molecule has 2 heterocycles. The topological polar surface area (TPSA) is 102 Å². The van der Waals surface area contributed by atoms with Crippen molar-refractivity contribution in [2.45, 2.75) is 43.9 Å². The van der Waals surface area contributed by atoms with Crippen LogP contribution in [-0.2, 0) is 14.8 Å². The molecule has 0 radical (unpaired) electrons. The van der Waals surface area contributed by atoms with Gasteiger partial charge in [-0.1, -0.05) is 11.6 Å². The Bertz CT molecular complexity index is 1180. The quantitative estimate of drug-likeness (QED) is 0.614. The molecule has 0 spiro atoms. The van der Waals surface area contributed by atoms with Crippen molar-refractivity contribution in [3.63, 3.8) is 0 Å². The maximum absolute atomic E-state index is 13.1. The second-order valence-electron chi connectivity index (χ2n) is 8.48. The van der Waals surface area contributed by atoms with Crippen molar-refractivity contribution < 1.29 is 31.9 Å². The van der Waals surface area contributed by atoms with E-state index in [4.69, 9.17) is 21.1 Å². The highest BCUT2D eigenvalue weighted by Crippen LogP contribution is 2.37. The molecule has 2 fully saturated rings. The first-order valence-electron chi connectivity index (χ1n) is 10.8. The fourth-order valence-corrected chi connectivity index (χ4v) is 5.20. The van der Waals surface area contributed by atoms with Gasteiger partial charge in [-0.15, -0.1) is 0 Å².